The molecule has 0 heterocycles. The van der Waals surface area contributed by atoms with Gasteiger partial charge in [0.15, 0.2) is 0 Å². The van der Waals surface area contributed by atoms with Crippen LogP contribution >= 0.6 is 0 Å². The van der Waals surface area contributed by atoms with Crippen LogP contribution < -0.4 is 9.80 Å². The summed E-state index contributed by atoms with van der Waals surface area (Å²) in [5, 5.41) is 0. The molecule has 0 spiro atoms. The smallest absolute Gasteiger partial charge is 0.0366 e. The first-order valence-electron chi connectivity index (χ1n) is 9.55. The van der Waals surface area contributed by atoms with E-state index in [9.17, 15) is 0 Å². The lowest BCUT2D eigenvalue weighted by atomic mass is 9.97. The van der Waals surface area contributed by atoms with Crippen molar-refractivity contribution in [3.8, 4) is 0 Å². The molecule has 0 saturated heterocycles. The summed E-state index contributed by atoms with van der Waals surface area (Å²) < 4.78 is 0. The maximum absolute atomic E-state index is 2.37. The van der Waals surface area contributed by atoms with Crippen LogP contribution in [0.1, 0.15) is 45.7 Å². The minimum Gasteiger partial charge on any atom is -0.372 e. The highest BCUT2D eigenvalue weighted by atomic mass is 15.1. The molecule has 2 nitrogen and oxygen atoms in total. The Morgan fingerprint density at radius 2 is 0.960 bits per heavy atom. The number of nitrogens with zero attached hydrogens (tertiary/aromatic N) is 2. The Hall–Kier alpha value is -2.22. The number of hydrogen-bond donors (Lipinski definition) is 0. The van der Waals surface area contributed by atoms with Crippen molar-refractivity contribution in [3.05, 3.63) is 65.7 Å². The fourth-order valence-corrected chi connectivity index (χ4v) is 3.38. The van der Waals surface area contributed by atoms with Crippen LogP contribution in [0.15, 0.2) is 54.6 Å². The Morgan fingerprint density at radius 3 is 1.20 bits per heavy atom. The highest BCUT2D eigenvalue weighted by Gasteiger charge is 2.08. The van der Waals surface area contributed by atoms with Crippen LogP contribution in [-0.2, 0) is 0 Å². The quantitative estimate of drug-likeness (QED) is 0.598. The van der Waals surface area contributed by atoms with Crippen molar-refractivity contribution in [2.24, 2.45) is 0 Å². The van der Waals surface area contributed by atoms with Gasteiger partial charge in [-0.1, -0.05) is 30.3 Å². The highest BCUT2D eigenvalue weighted by Crippen LogP contribution is 2.27. The Bertz CT molecular complexity index is 603. The number of anilines is 2. The molecule has 0 N–H and O–H groups in total. The van der Waals surface area contributed by atoms with E-state index in [1.165, 1.54) is 28.1 Å². The first-order valence-corrected chi connectivity index (χ1v) is 9.55. The lowest BCUT2D eigenvalue weighted by molar-refractivity contribution is 0.866. The summed E-state index contributed by atoms with van der Waals surface area (Å²) in [4.78, 5) is 4.75. The van der Waals surface area contributed by atoms with E-state index in [1.54, 1.807) is 0 Å². The summed E-state index contributed by atoms with van der Waals surface area (Å²) in [6.45, 7) is 15.1. The molecule has 0 fully saturated rings. The molecule has 0 aliphatic carbocycles. The van der Waals surface area contributed by atoms with Gasteiger partial charge in [0.2, 0.25) is 0 Å². The zero-order valence-corrected chi connectivity index (χ0v) is 16.4. The third kappa shape index (κ3) is 4.45. The van der Waals surface area contributed by atoms with Gasteiger partial charge in [0.25, 0.3) is 0 Å². The SMILES string of the molecule is CC=C(c1ccc(N(CC)CC)cc1)c1ccc(N(CC)CC)cc1. The van der Waals surface area contributed by atoms with Crippen LogP contribution in [0.3, 0.4) is 0 Å². The number of rotatable bonds is 8. The maximum atomic E-state index is 2.37. The summed E-state index contributed by atoms with van der Waals surface area (Å²) in [5.74, 6) is 0. The van der Waals surface area contributed by atoms with Crippen LogP contribution in [-0.4, -0.2) is 26.2 Å². The molecule has 0 radical (unpaired) electrons. The fraction of sp³-hybridized carbons (Fsp3) is 0.391. The second kappa shape index (κ2) is 9.31. The predicted molar refractivity (Wildman–Crippen MR) is 113 cm³/mol. The molecule has 2 heteroatoms. The van der Waals surface area contributed by atoms with Crippen molar-refractivity contribution in [1.82, 2.24) is 0 Å². The average molecular weight is 337 g/mol. The van der Waals surface area contributed by atoms with Crippen LogP contribution in [0.25, 0.3) is 5.57 Å². The lowest BCUT2D eigenvalue weighted by Crippen LogP contribution is -2.21. The largest absolute Gasteiger partial charge is 0.372 e. The number of benzene rings is 2. The Kier molecular flexibility index (Phi) is 7.12. The van der Waals surface area contributed by atoms with Gasteiger partial charge >= 0.3 is 0 Å². The van der Waals surface area contributed by atoms with E-state index >= 15 is 0 Å². The normalized spacial score (nSPS) is 10.4. The van der Waals surface area contributed by atoms with Gasteiger partial charge in [0.05, 0.1) is 0 Å². The predicted octanol–water partition coefficient (Wildman–Crippen LogP) is 5.83. The molecule has 2 rings (SSSR count). The summed E-state index contributed by atoms with van der Waals surface area (Å²) >= 11 is 0. The maximum Gasteiger partial charge on any atom is 0.0366 e. The highest BCUT2D eigenvalue weighted by molar-refractivity contribution is 5.81. The van der Waals surface area contributed by atoms with Crippen LogP contribution in [0.4, 0.5) is 11.4 Å². The third-order valence-corrected chi connectivity index (χ3v) is 4.90. The minimum atomic E-state index is 1.04. The van der Waals surface area contributed by atoms with Gasteiger partial charge in [-0.25, -0.2) is 0 Å². The fourth-order valence-electron chi connectivity index (χ4n) is 3.38. The summed E-state index contributed by atoms with van der Waals surface area (Å²) in [6, 6.07) is 17.9. The van der Waals surface area contributed by atoms with E-state index in [0.717, 1.165) is 26.2 Å². The van der Waals surface area contributed by atoms with E-state index < -0.39 is 0 Å². The molecule has 0 saturated carbocycles. The van der Waals surface area contributed by atoms with E-state index in [0.29, 0.717) is 0 Å². The standard InChI is InChI=1S/C23H32N2/c1-6-23(19-11-15-21(16-12-19)24(7-2)8-3)20-13-17-22(18-14-20)25(9-4)10-5/h6,11-18H,7-10H2,1-5H3. The van der Waals surface area contributed by atoms with Gasteiger partial charge in [-0.2, -0.15) is 0 Å². The van der Waals surface area contributed by atoms with Crippen LogP contribution in [0, 0.1) is 0 Å². The van der Waals surface area contributed by atoms with E-state index in [4.69, 9.17) is 0 Å². The van der Waals surface area contributed by atoms with Crippen molar-refractivity contribution < 1.29 is 0 Å². The Balaban J connectivity index is 2.25. The first-order chi connectivity index (χ1) is 12.2. The molecular weight excluding hydrogens is 304 g/mol. The monoisotopic (exact) mass is 336 g/mol. The molecular formula is C23H32N2. The third-order valence-electron chi connectivity index (χ3n) is 4.90. The Labute approximate surface area is 153 Å². The van der Waals surface area contributed by atoms with Gasteiger partial charge < -0.3 is 9.80 Å². The van der Waals surface area contributed by atoms with E-state index in [-0.39, 0.29) is 0 Å². The Morgan fingerprint density at radius 1 is 0.640 bits per heavy atom. The molecule has 0 amide bonds. The van der Waals surface area contributed by atoms with Gasteiger partial charge in [-0.3, -0.25) is 0 Å². The van der Waals surface area contributed by atoms with Crippen LogP contribution in [0.5, 0.6) is 0 Å². The number of allylic oxidation sites excluding steroid dienone is 1. The molecule has 2 aromatic carbocycles. The summed E-state index contributed by atoms with van der Waals surface area (Å²) in [7, 11) is 0. The van der Waals surface area contributed by atoms with Crippen molar-refractivity contribution in [2.45, 2.75) is 34.6 Å². The van der Waals surface area contributed by atoms with Crippen molar-refractivity contribution >= 4 is 16.9 Å². The van der Waals surface area contributed by atoms with E-state index in [1.807, 2.05) is 0 Å². The molecule has 134 valence electrons. The molecule has 0 atom stereocenters. The van der Waals surface area contributed by atoms with Gasteiger partial charge in [-0.05, 0) is 75.6 Å². The molecule has 0 unspecified atom stereocenters. The van der Waals surface area contributed by atoms with E-state index in [2.05, 4.69) is 99.0 Å². The topological polar surface area (TPSA) is 6.48 Å². The van der Waals surface area contributed by atoms with Crippen molar-refractivity contribution in [3.63, 3.8) is 0 Å². The summed E-state index contributed by atoms with van der Waals surface area (Å²) in [5.41, 5.74) is 6.42. The van der Waals surface area contributed by atoms with Crippen LogP contribution in [0.2, 0.25) is 0 Å². The second-order valence-electron chi connectivity index (χ2n) is 6.14. The summed E-state index contributed by atoms with van der Waals surface area (Å²) in [6.07, 6.45) is 2.21. The first kappa shape index (κ1) is 19.1. The molecule has 2 aromatic rings. The average Bonchev–Trinajstić information content (AvgIpc) is 2.67. The number of hydrogen-bond acceptors (Lipinski definition) is 2. The molecule has 0 aromatic heterocycles. The van der Waals surface area contributed by atoms with Gasteiger partial charge in [0, 0.05) is 37.6 Å². The zero-order valence-electron chi connectivity index (χ0n) is 16.4. The zero-order chi connectivity index (χ0) is 18.2. The van der Waals surface area contributed by atoms with Gasteiger partial charge in [0.1, 0.15) is 0 Å². The molecule has 0 bridgehead atoms. The van der Waals surface area contributed by atoms with Crippen molar-refractivity contribution in [1.29, 1.82) is 0 Å². The second-order valence-corrected chi connectivity index (χ2v) is 6.14. The minimum absolute atomic E-state index is 1.04. The molecule has 0 aliphatic rings. The molecule has 25 heavy (non-hydrogen) atoms. The molecule has 0 aliphatic heterocycles. The van der Waals surface area contributed by atoms with Gasteiger partial charge in [-0.15, -0.1) is 0 Å². The lowest BCUT2D eigenvalue weighted by Gasteiger charge is -2.22. The van der Waals surface area contributed by atoms with Crippen molar-refractivity contribution in [2.75, 3.05) is 36.0 Å².